The Hall–Kier alpha value is -2.85. The van der Waals surface area contributed by atoms with Crippen LogP contribution in [0.1, 0.15) is 106 Å². The maximum atomic E-state index is 15.2. The standard InChI is InChI=1S/C35H41F/c1-3-5-7-9-11-29-17-25-34-33(26-29)24-23-32(35(34)36)22-16-28-14-20-31(21-15-28)30-18-12-27(13-19-30)10-8-6-4-2/h4,6,14-15,17,20-21,23-27,30H,3,5,7-13,18-19H2,1-2H3/b6-4+. The first kappa shape index (κ1) is 26.2. The Balaban J connectivity index is 1.37. The first-order chi connectivity index (χ1) is 17.7. The summed E-state index contributed by atoms with van der Waals surface area (Å²) in [5.41, 5.74) is 4.13. The summed E-state index contributed by atoms with van der Waals surface area (Å²) in [4.78, 5) is 0. The fourth-order valence-corrected chi connectivity index (χ4v) is 5.61. The Labute approximate surface area is 218 Å². The van der Waals surface area contributed by atoms with E-state index in [0.717, 1.165) is 23.3 Å². The molecule has 0 bridgehead atoms. The molecule has 0 aliphatic heterocycles. The molecule has 1 fully saturated rings. The van der Waals surface area contributed by atoms with Crippen molar-refractivity contribution in [2.75, 3.05) is 0 Å². The molecule has 36 heavy (non-hydrogen) atoms. The molecule has 0 heterocycles. The highest BCUT2D eigenvalue weighted by molar-refractivity contribution is 5.85. The number of allylic oxidation sites excluding steroid dienone is 2. The normalized spacial score (nSPS) is 17.9. The van der Waals surface area contributed by atoms with Gasteiger partial charge in [-0.05, 0) is 105 Å². The molecule has 1 saturated carbocycles. The smallest absolute Gasteiger partial charge is 0.146 e. The summed E-state index contributed by atoms with van der Waals surface area (Å²) in [6.45, 7) is 4.34. The Morgan fingerprint density at radius 3 is 2.44 bits per heavy atom. The van der Waals surface area contributed by atoms with E-state index in [-0.39, 0.29) is 5.82 Å². The van der Waals surface area contributed by atoms with Crippen LogP contribution in [0.5, 0.6) is 0 Å². The van der Waals surface area contributed by atoms with Crippen molar-refractivity contribution in [3.63, 3.8) is 0 Å². The van der Waals surface area contributed by atoms with E-state index in [1.54, 1.807) is 0 Å². The first-order valence-electron chi connectivity index (χ1n) is 14.1. The van der Waals surface area contributed by atoms with Crippen LogP contribution in [0.3, 0.4) is 0 Å². The molecule has 0 radical (unpaired) electrons. The third-order valence-corrected chi connectivity index (χ3v) is 7.89. The molecule has 188 valence electrons. The van der Waals surface area contributed by atoms with Gasteiger partial charge in [0.2, 0.25) is 0 Å². The SMILES string of the molecule is C/C=C/CCC1CCC(c2ccc(C#Cc3ccc4cc(CCCCCC)ccc4c3F)cc2)CC1. The molecule has 3 aromatic rings. The lowest BCUT2D eigenvalue weighted by atomic mass is 9.77. The van der Waals surface area contributed by atoms with E-state index in [2.05, 4.69) is 74.2 Å². The Morgan fingerprint density at radius 2 is 1.69 bits per heavy atom. The van der Waals surface area contributed by atoms with Crippen molar-refractivity contribution in [3.8, 4) is 11.8 Å². The average Bonchev–Trinajstić information content (AvgIpc) is 2.92. The maximum Gasteiger partial charge on any atom is 0.146 e. The van der Waals surface area contributed by atoms with Gasteiger partial charge in [-0.2, -0.15) is 0 Å². The lowest BCUT2D eigenvalue weighted by molar-refractivity contribution is 0.312. The van der Waals surface area contributed by atoms with Crippen molar-refractivity contribution >= 4 is 10.8 Å². The molecular formula is C35H41F. The van der Waals surface area contributed by atoms with Gasteiger partial charge in [-0.15, -0.1) is 0 Å². The van der Waals surface area contributed by atoms with Crippen LogP contribution in [0.2, 0.25) is 0 Å². The van der Waals surface area contributed by atoms with E-state index < -0.39 is 0 Å². The summed E-state index contributed by atoms with van der Waals surface area (Å²) in [7, 11) is 0. The summed E-state index contributed by atoms with van der Waals surface area (Å²) >= 11 is 0. The molecule has 0 atom stereocenters. The second kappa shape index (κ2) is 13.5. The van der Waals surface area contributed by atoms with Crippen LogP contribution < -0.4 is 0 Å². The number of hydrogen-bond acceptors (Lipinski definition) is 0. The monoisotopic (exact) mass is 480 g/mol. The Bertz CT molecular complexity index is 1200. The molecule has 3 aromatic carbocycles. The van der Waals surface area contributed by atoms with Gasteiger partial charge in [0, 0.05) is 10.9 Å². The molecule has 1 heteroatoms. The number of hydrogen-bond donors (Lipinski definition) is 0. The molecule has 4 rings (SSSR count). The van der Waals surface area contributed by atoms with E-state index >= 15 is 4.39 Å². The van der Waals surface area contributed by atoms with Crippen molar-refractivity contribution in [2.45, 2.75) is 90.4 Å². The van der Waals surface area contributed by atoms with Gasteiger partial charge in [0.15, 0.2) is 0 Å². The highest BCUT2D eigenvalue weighted by Gasteiger charge is 2.21. The fraction of sp³-hybridized carbons (Fsp3) is 0.429. The molecule has 0 aromatic heterocycles. The van der Waals surface area contributed by atoms with Crippen LogP contribution in [0.15, 0.2) is 66.7 Å². The highest BCUT2D eigenvalue weighted by atomic mass is 19.1. The van der Waals surface area contributed by atoms with Crippen molar-refractivity contribution in [1.82, 2.24) is 0 Å². The van der Waals surface area contributed by atoms with Crippen LogP contribution in [-0.4, -0.2) is 0 Å². The average molecular weight is 481 g/mol. The van der Waals surface area contributed by atoms with Gasteiger partial charge < -0.3 is 0 Å². The predicted octanol–water partition coefficient (Wildman–Crippen LogP) is 10.1. The lowest BCUT2D eigenvalue weighted by Crippen LogP contribution is -2.13. The van der Waals surface area contributed by atoms with E-state index in [9.17, 15) is 0 Å². The van der Waals surface area contributed by atoms with Crippen LogP contribution in [0.25, 0.3) is 10.8 Å². The first-order valence-corrected chi connectivity index (χ1v) is 14.1. The number of rotatable bonds is 9. The van der Waals surface area contributed by atoms with Crippen molar-refractivity contribution in [2.24, 2.45) is 5.92 Å². The molecule has 1 aliphatic rings. The van der Waals surface area contributed by atoms with Crippen molar-refractivity contribution in [3.05, 3.63) is 94.8 Å². The summed E-state index contributed by atoms with van der Waals surface area (Å²) < 4.78 is 15.2. The molecule has 0 amide bonds. The Kier molecular flexibility index (Phi) is 9.80. The molecular weight excluding hydrogens is 439 g/mol. The topological polar surface area (TPSA) is 0 Å². The third-order valence-electron chi connectivity index (χ3n) is 7.89. The van der Waals surface area contributed by atoms with Crippen LogP contribution in [-0.2, 0) is 6.42 Å². The second-order valence-electron chi connectivity index (χ2n) is 10.5. The zero-order chi connectivity index (χ0) is 25.2. The van der Waals surface area contributed by atoms with E-state index in [0.29, 0.717) is 16.9 Å². The van der Waals surface area contributed by atoms with Gasteiger partial charge in [-0.3, -0.25) is 0 Å². The zero-order valence-electron chi connectivity index (χ0n) is 22.2. The minimum absolute atomic E-state index is 0.208. The van der Waals surface area contributed by atoms with Crippen LogP contribution >= 0.6 is 0 Å². The van der Waals surface area contributed by atoms with Gasteiger partial charge in [-0.1, -0.05) is 86.6 Å². The zero-order valence-corrected chi connectivity index (χ0v) is 22.2. The third kappa shape index (κ3) is 7.10. The van der Waals surface area contributed by atoms with E-state index in [1.807, 2.05) is 18.2 Å². The predicted molar refractivity (Wildman–Crippen MR) is 153 cm³/mol. The van der Waals surface area contributed by atoms with E-state index in [1.165, 1.54) is 75.3 Å². The molecule has 0 saturated heterocycles. The number of fused-ring (bicyclic) bond motifs is 1. The summed E-state index contributed by atoms with van der Waals surface area (Å²) in [6, 6.07) is 18.6. The summed E-state index contributed by atoms with van der Waals surface area (Å²) in [5.74, 6) is 7.61. The molecule has 0 spiro atoms. The number of benzene rings is 3. The maximum absolute atomic E-state index is 15.2. The van der Waals surface area contributed by atoms with Gasteiger partial charge in [-0.25, -0.2) is 4.39 Å². The second-order valence-corrected chi connectivity index (χ2v) is 10.5. The van der Waals surface area contributed by atoms with Gasteiger partial charge in [0.05, 0.1) is 5.56 Å². The van der Waals surface area contributed by atoms with Gasteiger partial charge in [0.1, 0.15) is 5.82 Å². The number of aryl methyl sites for hydroxylation is 1. The fourth-order valence-electron chi connectivity index (χ4n) is 5.61. The van der Waals surface area contributed by atoms with Gasteiger partial charge in [0.25, 0.3) is 0 Å². The lowest BCUT2D eigenvalue weighted by Gasteiger charge is -2.28. The molecule has 1 aliphatic carbocycles. The van der Waals surface area contributed by atoms with Crippen molar-refractivity contribution in [1.29, 1.82) is 0 Å². The molecule has 0 unspecified atom stereocenters. The minimum atomic E-state index is -0.208. The highest BCUT2D eigenvalue weighted by Crippen LogP contribution is 2.37. The Morgan fingerprint density at radius 1 is 0.889 bits per heavy atom. The summed E-state index contributed by atoms with van der Waals surface area (Å²) in [5, 5.41) is 1.63. The quantitative estimate of drug-likeness (QED) is 0.162. The summed E-state index contributed by atoms with van der Waals surface area (Å²) in [6.07, 6.45) is 18.3. The van der Waals surface area contributed by atoms with Crippen LogP contribution in [0, 0.1) is 23.6 Å². The van der Waals surface area contributed by atoms with Crippen LogP contribution in [0.4, 0.5) is 4.39 Å². The van der Waals surface area contributed by atoms with Crippen molar-refractivity contribution < 1.29 is 4.39 Å². The largest absolute Gasteiger partial charge is 0.205 e. The van der Waals surface area contributed by atoms with Gasteiger partial charge >= 0.3 is 0 Å². The number of halogens is 1. The van der Waals surface area contributed by atoms with E-state index in [4.69, 9.17) is 0 Å². The molecule has 0 N–H and O–H groups in total. The minimum Gasteiger partial charge on any atom is -0.205 e. The molecule has 0 nitrogen and oxygen atoms in total. The number of unbranched alkanes of at least 4 members (excludes halogenated alkanes) is 3.